The number of aryl methyl sites for hydroxylation is 1. The number of hydrazine groups is 2. The molecule has 2 aromatic carbocycles. The maximum atomic E-state index is 12.3. The Labute approximate surface area is 154 Å². The largest absolute Gasteiger partial charge is 0.368 e. The normalized spacial score (nSPS) is 13.4. The molecule has 0 radical (unpaired) electrons. The molecule has 0 heterocycles. The molecule has 26 heavy (non-hydrogen) atoms. The molecule has 1 fully saturated rings. The number of urea groups is 1. The Balaban J connectivity index is 2.00. The van der Waals surface area contributed by atoms with E-state index >= 15 is 0 Å². The molecule has 0 atom stereocenters. The van der Waals surface area contributed by atoms with E-state index in [9.17, 15) is 4.79 Å². The first-order chi connectivity index (χ1) is 12.4. The van der Waals surface area contributed by atoms with Crippen LogP contribution in [-0.2, 0) is 6.54 Å². The van der Waals surface area contributed by atoms with Crippen molar-refractivity contribution in [1.29, 1.82) is 0 Å². The van der Waals surface area contributed by atoms with Gasteiger partial charge in [0.2, 0.25) is 0 Å². The van der Waals surface area contributed by atoms with Crippen molar-refractivity contribution in [3.05, 3.63) is 59.2 Å². The molecule has 2 aromatic rings. The van der Waals surface area contributed by atoms with Crippen molar-refractivity contribution in [3.63, 3.8) is 0 Å². The van der Waals surface area contributed by atoms with Crippen LogP contribution in [0, 0.1) is 6.92 Å². The van der Waals surface area contributed by atoms with Crippen LogP contribution in [0.1, 0.15) is 35.4 Å². The van der Waals surface area contributed by atoms with E-state index in [1.807, 2.05) is 31.3 Å². The first kappa shape index (κ1) is 18.2. The van der Waals surface area contributed by atoms with Crippen molar-refractivity contribution in [2.24, 2.45) is 11.7 Å². The first-order valence-corrected chi connectivity index (χ1v) is 8.86. The van der Waals surface area contributed by atoms with Gasteiger partial charge in [0.25, 0.3) is 0 Å². The van der Waals surface area contributed by atoms with Gasteiger partial charge in [0.1, 0.15) is 0 Å². The van der Waals surface area contributed by atoms with E-state index in [0.717, 1.165) is 22.2 Å². The van der Waals surface area contributed by atoms with Crippen LogP contribution in [0.4, 0.5) is 16.2 Å². The maximum absolute atomic E-state index is 12.3. The number of anilines is 2. The summed E-state index contributed by atoms with van der Waals surface area (Å²) in [6.45, 7) is 2.85. The number of carbonyl (C=O) groups is 1. The van der Waals surface area contributed by atoms with Crippen LogP contribution in [0.2, 0.25) is 0 Å². The van der Waals surface area contributed by atoms with Crippen molar-refractivity contribution < 1.29 is 4.79 Å². The smallest absolute Gasteiger partial charge is 0.352 e. The zero-order valence-corrected chi connectivity index (χ0v) is 15.6. The summed E-state index contributed by atoms with van der Waals surface area (Å²) in [7, 11) is 3.53. The lowest BCUT2D eigenvalue weighted by Gasteiger charge is -2.30. The Morgan fingerprint density at radius 3 is 2.38 bits per heavy atom. The SMILES string of the molecule is Cc1ccccc1CN(C)c1c(C2CC2)cccc1N(N)C(=O)N(C)N. The highest BCUT2D eigenvalue weighted by atomic mass is 16.2. The molecule has 0 aliphatic heterocycles. The Morgan fingerprint density at radius 1 is 1.08 bits per heavy atom. The van der Waals surface area contributed by atoms with Crippen molar-refractivity contribution in [3.8, 4) is 0 Å². The predicted molar refractivity (Wildman–Crippen MR) is 106 cm³/mol. The molecule has 3 rings (SSSR count). The summed E-state index contributed by atoms with van der Waals surface area (Å²) < 4.78 is 0. The molecule has 6 nitrogen and oxygen atoms in total. The molecule has 2 amide bonds. The molecule has 1 saturated carbocycles. The molecule has 0 aromatic heterocycles. The van der Waals surface area contributed by atoms with E-state index in [-0.39, 0.29) is 0 Å². The monoisotopic (exact) mass is 353 g/mol. The van der Waals surface area contributed by atoms with Gasteiger partial charge in [-0.2, -0.15) is 0 Å². The van der Waals surface area contributed by atoms with E-state index in [1.54, 1.807) is 0 Å². The number of carbonyl (C=O) groups excluding carboxylic acids is 1. The minimum absolute atomic E-state index is 0.455. The zero-order chi connectivity index (χ0) is 18.8. The second-order valence-electron chi connectivity index (χ2n) is 7.04. The average molecular weight is 353 g/mol. The van der Waals surface area contributed by atoms with Gasteiger partial charge in [-0.05, 0) is 48.4 Å². The number of hydrogen-bond donors (Lipinski definition) is 2. The van der Waals surface area contributed by atoms with E-state index in [4.69, 9.17) is 11.7 Å². The second kappa shape index (κ2) is 7.35. The molecular formula is C20H27N5O. The highest BCUT2D eigenvalue weighted by Gasteiger charge is 2.30. The van der Waals surface area contributed by atoms with E-state index in [0.29, 0.717) is 11.6 Å². The first-order valence-electron chi connectivity index (χ1n) is 8.86. The van der Waals surface area contributed by atoms with Crippen LogP contribution in [0.5, 0.6) is 0 Å². The molecule has 6 heteroatoms. The van der Waals surface area contributed by atoms with Crippen LogP contribution >= 0.6 is 0 Å². The number of para-hydroxylation sites is 1. The Hall–Kier alpha value is -2.57. The molecule has 4 N–H and O–H groups in total. The molecule has 0 saturated heterocycles. The molecule has 0 bridgehead atoms. The second-order valence-corrected chi connectivity index (χ2v) is 7.04. The highest BCUT2D eigenvalue weighted by molar-refractivity contribution is 5.95. The minimum Gasteiger partial charge on any atom is -0.368 e. The van der Waals surface area contributed by atoms with Gasteiger partial charge in [-0.15, -0.1) is 0 Å². The maximum Gasteiger partial charge on any atom is 0.352 e. The van der Waals surface area contributed by atoms with Gasteiger partial charge in [0.05, 0.1) is 11.4 Å². The summed E-state index contributed by atoms with van der Waals surface area (Å²) in [5, 5.41) is 2.13. The molecule has 1 aliphatic rings. The fraction of sp³-hybridized carbons (Fsp3) is 0.350. The Bertz CT molecular complexity index is 801. The van der Waals surface area contributed by atoms with Crippen LogP contribution in [0.3, 0.4) is 0 Å². The lowest BCUT2D eigenvalue weighted by Crippen LogP contribution is -2.49. The number of nitrogens with two attached hydrogens (primary N) is 2. The van der Waals surface area contributed by atoms with Gasteiger partial charge >= 0.3 is 6.03 Å². The van der Waals surface area contributed by atoms with E-state index in [2.05, 4.69) is 30.0 Å². The molecule has 0 unspecified atom stereocenters. The van der Waals surface area contributed by atoms with Gasteiger partial charge in [-0.25, -0.2) is 21.5 Å². The number of hydrogen-bond acceptors (Lipinski definition) is 4. The summed E-state index contributed by atoms with van der Waals surface area (Å²) in [5.41, 5.74) is 5.40. The summed E-state index contributed by atoms with van der Waals surface area (Å²) in [6.07, 6.45) is 2.34. The van der Waals surface area contributed by atoms with Crippen molar-refractivity contribution >= 4 is 17.4 Å². The molecule has 138 valence electrons. The number of rotatable bonds is 5. The highest BCUT2D eigenvalue weighted by Crippen LogP contribution is 2.47. The third-order valence-electron chi connectivity index (χ3n) is 4.88. The fourth-order valence-corrected chi connectivity index (χ4v) is 3.28. The molecule has 0 spiro atoms. The standard InChI is InChI=1S/C20H27N5O/c1-14-7-4-5-8-16(14)13-23(2)19-17(15-11-12-15)9-6-10-18(19)25(22)20(26)24(3)21/h4-10,15H,11-13,21-22H2,1-3H3. The van der Waals surface area contributed by atoms with Crippen molar-refractivity contribution in [2.45, 2.75) is 32.2 Å². The van der Waals surface area contributed by atoms with E-state index in [1.165, 1.54) is 36.6 Å². The van der Waals surface area contributed by atoms with Crippen LogP contribution in [0.15, 0.2) is 42.5 Å². The topological polar surface area (TPSA) is 78.8 Å². The zero-order valence-electron chi connectivity index (χ0n) is 15.6. The summed E-state index contributed by atoms with van der Waals surface area (Å²) in [4.78, 5) is 14.5. The van der Waals surface area contributed by atoms with Crippen LogP contribution in [-0.4, -0.2) is 25.1 Å². The predicted octanol–water partition coefficient (Wildman–Crippen LogP) is 3.11. The minimum atomic E-state index is -0.455. The van der Waals surface area contributed by atoms with Gasteiger partial charge in [0.15, 0.2) is 0 Å². The third-order valence-corrected chi connectivity index (χ3v) is 4.88. The fourth-order valence-electron chi connectivity index (χ4n) is 3.28. The lowest BCUT2D eigenvalue weighted by molar-refractivity contribution is 0.216. The lowest BCUT2D eigenvalue weighted by atomic mass is 10.0. The van der Waals surface area contributed by atoms with Crippen molar-refractivity contribution in [1.82, 2.24) is 5.01 Å². The average Bonchev–Trinajstić information content (AvgIpc) is 3.46. The van der Waals surface area contributed by atoms with Gasteiger partial charge in [-0.3, -0.25) is 5.01 Å². The van der Waals surface area contributed by atoms with Crippen LogP contribution < -0.4 is 21.6 Å². The summed E-state index contributed by atoms with van der Waals surface area (Å²) in [5.74, 6) is 12.3. The van der Waals surface area contributed by atoms with Crippen LogP contribution in [0.25, 0.3) is 0 Å². The molecule has 1 aliphatic carbocycles. The van der Waals surface area contributed by atoms with Gasteiger partial charge in [0, 0.05) is 20.6 Å². The van der Waals surface area contributed by atoms with Gasteiger partial charge in [-0.1, -0.05) is 36.4 Å². The number of amides is 2. The third kappa shape index (κ3) is 3.66. The van der Waals surface area contributed by atoms with Crippen molar-refractivity contribution in [2.75, 3.05) is 24.0 Å². The summed E-state index contributed by atoms with van der Waals surface area (Å²) >= 11 is 0. The quantitative estimate of drug-likeness (QED) is 0.492. The summed E-state index contributed by atoms with van der Waals surface area (Å²) in [6, 6.07) is 13.8. The van der Waals surface area contributed by atoms with E-state index < -0.39 is 6.03 Å². The number of nitrogens with zero attached hydrogens (tertiary/aromatic N) is 3. The van der Waals surface area contributed by atoms with Gasteiger partial charge < -0.3 is 4.90 Å². The number of benzene rings is 2. The molecular weight excluding hydrogens is 326 g/mol. The Morgan fingerprint density at radius 2 is 1.77 bits per heavy atom. The Kier molecular flexibility index (Phi) is 5.15.